The molecule has 1 N–H and O–H groups in total. The summed E-state index contributed by atoms with van der Waals surface area (Å²) in [6.45, 7) is 8.24. The van der Waals surface area contributed by atoms with Gasteiger partial charge in [0.15, 0.2) is 0 Å². The van der Waals surface area contributed by atoms with Crippen molar-refractivity contribution in [2.24, 2.45) is 5.92 Å². The van der Waals surface area contributed by atoms with Crippen molar-refractivity contribution < 1.29 is 14.7 Å². The first kappa shape index (κ1) is 16.7. The highest BCUT2D eigenvalue weighted by Crippen LogP contribution is 2.10. The van der Waals surface area contributed by atoms with Gasteiger partial charge in [-0.25, -0.2) is 4.79 Å². The second-order valence-corrected chi connectivity index (χ2v) is 5.03. The lowest BCUT2D eigenvalue weighted by Crippen LogP contribution is -2.48. The molecule has 18 heavy (non-hydrogen) atoms. The van der Waals surface area contributed by atoms with Gasteiger partial charge >= 0.3 is 12.0 Å². The van der Waals surface area contributed by atoms with Crippen LogP contribution in [0.3, 0.4) is 0 Å². The highest BCUT2D eigenvalue weighted by Gasteiger charge is 2.24. The van der Waals surface area contributed by atoms with E-state index in [9.17, 15) is 9.59 Å². The first-order valence-corrected chi connectivity index (χ1v) is 6.56. The highest BCUT2D eigenvalue weighted by molar-refractivity contribution is 5.80. The van der Waals surface area contributed by atoms with E-state index in [4.69, 9.17) is 5.11 Å². The van der Waals surface area contributed by atoms with Crippen molar-refractivity contribution in [2.75, 3.05) is 20.1 Å². The van der Waals surface area contributed by atoms with Crippen LogP contribution in [-0.2, 0) is 4.79 Å². The second kappa shape index (κ2) is 7.95. The predicted molar refractivity (Wildman–Crippen MR) is 71.6 cm³/mol. The summed E-state index contributed by atoms with van der Waals surface area (Å²) >= 11 is 0. The first-order valence-electron chi connectivity index (χ1n) is 6.56. The van der Waals surface area contributed by atoms with Gasteiger partial charge in [-0.05, 0) is 18.8 Å². The predicted octanol–water partition coefficient (Wildman–Crippen LogP) is 2.27. The van der Waals surface area contributed by atoms with Crippen LogP contribution in [0.2, 0.25) is 0 Å². The third-order valence-electron chi connectivity index (χ3n) is 2.97. The van der Waals surface area contributed by atoms with Crippen molar-refractivity contribution >= 4 is 12.0 Å². The number of hydrogen-bond donors (Lipinski definition) is 1. The second-order valence-electron chi connectivity index (χ2n) is 5.03. The summed E-state index contributed by atoms with van der Waals surface area (Å²) < 4.78 is 0. The van der Waals surface area contributed by atoms with Gasteiger partial charge in [-0.1, -0.05) is 27.7 Å². The van der Waals surface area contributed by atoms with Crippen LogP contribution in [0.4, 0.5) is 4.79 Å². The Morgan fingerprint density at radius 3 is 2.00 bits per heavy atom. The molecule has 0 atom stereocenters. The molecule has 0 heterocycles. The lowest BCUT2D eigenvalue weighted by atomic mass is 10.1. The number of carboxylic acids is 1. The number of carbonyl (C=O) groups excluding carboxylic acids is 1. The van der Waals surface area contributed by atoms with Crippen LogP contribution in [0.5, 0.6) is 0 Å². The summed E-state index contributed by atoms with van der Waals surface area (Å²) in [6.07, 6.45) is 1.75. The van der Waals surface area contributed by atoms with Crippen LogP contribution >= 0.6 is 0 Å². The minimum absolute atomic E-state index is 0.168. The largest absolute Gasteiger partial charge is 0.480 e. The minimum atomic E-state index is -0.970. The van der Waals surface area contributed by atoms with Crippen molar-refractivity contribution in [1.82, 2.24) is 9.80 Å². The Bertz CT molecular complexity index is 275. The zero-order valence-corrected chi connectivity index (χ0v) is 12.1. The highest BCUT2D eigenvalue weighted by atomic mass is 16.4. The topological polar surface area (TPSA) is 60.9 Å². The standard InChI is InChI=1S/C13H26N2O3/c1-6-11(7-2)14(5)13(18)15(8-10(3)4)9-12(16)17/h10-11H,6-9H2,1-5H3,(H,16,17). The Balaban J connectivity index is 4.76. The van der Waals surface area contributed by atoms with Crippen LogP contribution in [0, 0.1) is 5.92 Å². The Morgan fingerprint density at radius 1 is 1.17 bits per heavy atom. The summed E-state index contributed by atoms with van der Waals surface area (Å²) in [5.41, 5.74) is 0. The fourth-order valence-corrected chi connectivity index (χ4v) is 2.03. The van der Waals surface area contributed by atoms with Gasteiger partial charge in [0.05, 0.1) is 0 Å². The molecule has 2 amide bonds. The number of amides is 2. The van der Waals surface area contributed by atoms with E-state index in [0.29, 0.717) is 6.54 Å². The fourth-order valence-electron chi connectivity index (χ4n) is 2.03. The number of aliphatic carboxylic acids is 1. The van der Waals surface area contributed by atoms with Crippen molar-refractivity contribution in [1.29, 1.82) is 0 Å². The Hall–Kier alpha value is -1.26. The summed E-state index contributed by atoms with van der Waals surface area (Å²) in [7, 11) is 1.75. The third kappa shape index (κ3) is 5.38. The molecule has 0 aliphatic rings. The average molecular weight is 258 g/mol. The molecule has 0 aromatic carbocycles. The van der Waals surface area contributed by atoms with Crippen molar-refractivity contribution in [3.63, 3.8) is 0 Å². The van der Waals surface area contributed by atoms with E-state index in [1.165, 1.54) is 4.90 Å². The smallest absolute Gasteiger partial charge is 0.323 e. The molecule has 0 saturated heterocycles. The van der Waals surface area contributed by atoms with E-state index < -0.39 is 5.97 Å². The summed E-state index contributed by atoms with van der Waals surface area (Å²) in [5, 5.41) is 8.87. The van der Waals surface area contributed by atoms with Gasteiger partial charge in [-0.3, -0.25) is 4.79 Å². The monoisotopic (exact) mass is 258 g/mol. The Kier molecular flexibility index (Phi) is 7.39. The molecule has 5 nitrogen and oxygen atoms in total. The molecular weight excluding hydrogens is 232 g/mol. The van der Waals surface area contributed by atoms with E-state index in [-0.39, 0.29) is 24.5 Å². The molecule has 0 radical (unpaired) electrons. The number of carboxylic acid groups (broad SMARTS) is 1. The zero-order valence-electron chi connectivity index (χ0n) is 12.1. The molecule has 0 saturated carbocycles. The zero-order chi connectivity index (χ0) is 14.3. The van der Waals surface area contributed by atoms with Crippen LogP contribution in [-0.4, -0.2) is 53.1 Å². The maximum atomic E-state index is 12.3. The maximum Gasteiger partial charge on any atom is 0.323 e. The number of rotatable bonds is 7. The summed E-state index contributed by atoms with van der Waals surface area (Å²) in [5.74, 6) is -0.717. The summed E-state index contributed by atoms with van der Waals surface area (Å²) in [4.78, 5) is 26.1. The molecule has 0 aromatic heterocycles. The maximum absolute atomic E-state index is 12.3. The molecule has 0 spiro atoms. The molecule has 0 aromatic rings. The quantitative estimate of drug-likeness (QED) is 0.762. The number of hydrogen-bond acceptors (Lipinski definition) is 2. The van der Waals surface area contributed by atoms with E-state index in [0.717, 1.165) is 12.8 Å². The molecule has 0 aliphatic carbocycles. The molecule has 0 fully saturated rings. The van der Waals surface area contributed by atoms with Crippen LogP contribution < -0.4 is 0 Å². The molecule has 5 heteroatoms. The Labute approximate surface area is 110 Å². The molecule has 0 unspecified atom stereocenters. The average Bonchev–Trinajstić information content (AvgIpc) is 2.27. The van der Waals surface area contributed by atoms with Gasteiger partial charge in [-0.2, -0.15) is 0 Å². The molecular formula is C13H26N2O3. The van der Waals surface area contributed by atoms with Crippen molar-refractivity contribution in [2.45, 2.75) is 46.6 Å². The van der Waals surface area contributed by atoms with Crippen molar-refractivity contribution in [3.05, 3.63) is 0 Å². The molecule has 106 valence electrons. The van der Waals surface area contributed by atoms with Crippen molar-refractivity contribution in [3.8, 4) is 0 Å². The van der Waals surface area contributed by atoms with Gasteiger partial charge in [0.1, 0.15) is 6.54 Å². The minimum Gasteiger partial charge on any atom is -0.480 e. The van der Waals surface area contributed by atoms with Gasteiger partial charge in [0.2, 0.25) is 0 Å². The normalized spacial score (nSPS) is 10.8. The van der Waals surface area contributed by atoms with E-state index >= 15 is 0 Å². The van der Waals surface area contributed by atoms with E-state index in [1.54, 1.807) is 11.9 Å². The fraction of sp³-hybridized carbons (Fsp3) is 0.846. The van der Waals surface area contributed by atoms with E-state index in [1.807, 2.05) is 27.7 Å². The first-order chi connectivity index (χ1) is 8.33. The lowest BCUT2D eigenvalue weighted by molar-refractivity contribution is -0.137. The SMILES string of the molecule is CCC(CC)N(C)C(=O)N(CC(=O)O)CC(C)C. The summed E-state index contributed by atoms with van der Waals surface area (Å²) in [6, 6.07) is -0.0271. The molecule has 0 rings (SSSR count). The van der Waals surface area contributed by atoms with Gasteiger partial charge in [0.25, 0.3) is 0 Å². The van der Waals surface area contributed by atoms with E-state index in [2.05, 4.69) is 0 Å². The molecule has 0 bridgehead atoms. The third-order valence-corrected chi connectivity index (χ3v) is 2.97. The van der Waals surface area contributed by atoms with Gasteiger partial charge in [0, 0.05) is 19.6 Å². The number of nitrogens with zero attached hydrogens (tertiary/aromatic N) is 2. The van der Waals surface area contributed by atoms with Crippen LogP contribution in [0.15, 0.2) is 0 Å². The van der Waals surface area contributed by atoms with Gasteiger partial charge in [-0.15, -0.1) is 0 Å². The van der Waals surface area contributed by atoms with Crippen LogP contribution in [0.25, 0.3) is 0 Å². The number of carbonyl (C=O) groups is 2. The Morgan fingerprint density at radius 2 is 1.67 bits per heavy atom. The van der Waals surface area contributed by atoms with Crippen LogP contribution in [0.1, 0.15) is 40.5 Å². The molecule has 0 aliphatic heterocycles. The van der Waals surface area contributed by atoms with Gasteiger partial charge < -0.3 is 14.9 Å². The number of urea groups is 1. The lowest BCUT2D eigenvalue weighted by Gasteiger charge is -2.32.